The first-order chi connectivity index (χ1) is 13.1. The van der Waals surface area contributed by atoms with Gasteiger partial charge < -0.3 is 14.8 Å². The highest BCUT2D eigenvalue weighted by molar-refractivity contribution is 5.88. The van der Waals surface area contributed by atoms with Gasteiger partial charge in [0.05, 0.1) is 33.3 Å². The molecule has 8 nitrogen and oxygen atoms in total. The Morgan fingerprint density at radius 1 is 1.19 bits per heavy atom. The van der Waals surface area contributed by atoms with Crippen molar-refractivity contribution in [2.75, 3.05) is 40.5 Å². The number of rotatable bonds is 6. The summed E-state index contributed by atoms with van der Waals surface area (Å²) in [6.45, 7) is 2.89. The molecular weight excluding hydrogens is 350 g/mol. The summed E-state index contributed by atoms with van der Waals surface area (Å²) in [6.07, 6.45) is 1.99. The first kappa shape index (κ1) is 19.4. The Morgan fingerprint density at radius 3 is 2.56 bits per heavy atom. The second-order valence-electron chi connectivity index (χ2n) is 6.74. The molecule has 1 aromatic carbocycles. The lowest BCUT2D eigenvalue weighted by atomic mass is 10.1. The molecule has 27 heavy (non-hydrogen) atoms. The Bertz CT molecular complexity index is 653. The van der Waals surface area contributed by atoms with Crippen molar-refractivity contribution in [3.63, 3.8) is 0 Å². The molecule has 2 aliphatic rings. The number of hydrogen-bond donors (Lipinski definition) is 1. The van der Waals surface area contributed by atoms with Gasteiger partial charge in [0.1, 0.15) is 11.5 Å². The maximum Gasteiger partial charge on any atom is 0.248 e. The van der Waals surface area contributed by atoms with Crippen LogP contribution >= 0.6 is 0 Å². The molecule has 0 aromatic heterocycles. The van der Waals surface area contributed by atoms with Crippen molar-refractivity contribution in [2.24, 2.45) is 0 Å². The second kappa shape index (κ2) is 9.05. The number of piperazine rings is 1. The van der Waals surface area contributed by atoms with E-state index in [1.54, 1.807) is 20.3 Å². The summed E-state index contributed by atoms with van der Waals surface area (Å²) in [6, 6.07) is 5.12. The van der Waals surface area contributed by atoms with E-state index in [2.05, 4.69) is 5.32 Å². The van der Waals surface area contributed by atoms with Gasteiger partial charge >= 0.3 is 0 Å². The normalized spacial score (nSPS) is 20.9. The molecular formula is C19H27N3O5. The fourth-order valence-electron chi connectivity index (χ4n) is 3.43. The number of carbonyl (C=O) groups is 2. The van der Waals surface area contributed by atoms with Crippen LogP contribution in [0, 0.1) is 0 Å². The molecule has 2 aliphatic heterocycles. The average Bonchev–Trinajstić information content (AvgIpc) is 2.70. The molecule has 1 aromatic rings. The Labute approximate surface area is 159 Å². The van der Waals surface area contributed by atoms with Gasteiger partial charge in [0, 0.05) is 32.2 Å². The maximum atomic E-state index is 12.6. The first-order valence-electron chi connectivity index (χ1n) is 9.27. The Morgan fingerprint density at radius 2 is 1.93 bits per heavy atom. The summed E-state index contributed by atoms with van der Waals surface area (Å²) in [5.74, 6) is 1.12. The van der Waals surface area contributed by atoms with Crippen molar-refractivity contribution >= 4 is 11.8 Å². The van der Waals surface area contributed by atoms with Crippen molar-refractivity contribution in [1.82, 2.24) is 15.3 Å². The SMILES string of the molecule is COc1cc(CN2CCNC(=O)[C@H]2CC(=O)N2CCCCO2)cc(OC)c1. The molecule has 0 bridgehead atoms. The zero-order valence-corrected chi connectivity index (χ0v) is 15.9. The fourth-order valence-corrected chi connectivity index (χ4v) is 3.43. The minimum absolute atomic E-state index is 0.104. The van der Waals surface area contributed by atoms with Gasteiger partial charge in [-0.1, -0.05) is 0 Å². The van der Waals surface area contributed by atoms with Gasteiger partial charge in [0.15, 0.2) is 0 Å². The van der Waals surface area contributed by atoms with E-state index in [9.17, 15) is 9.59 Å². The third-order valence-corrected chi connectivity index (χ3v) is 4.89. The Balaban J connectivity index is 1.72. The predicted molar refractivity (Wildman–Crippen MR) is 98.3 cm³/mol. The van der Waals surface area contributed by atoms with Gasteiger partial charge in [-0.25, -0.2) is 5.06 Å². The largest absolute Gasteiger partial charge is 0.497 e. The summed E-state index contributed by atoms with van der Waals surface area (Å²) in [4.78, 5) is 32.5. The molecule has 0 unspecified atom stereocenters. The number of amides is 2. The maximum absolute atomic E-state index is 12.6. The van der Waals surface area contributed by atoms with Crippen molar-refractivity contribution in [3.8, 4) is 11.5 Å². The molecule has 1 atom stereocenters. The van der Waals surface area contributed by atoms with Gasteiger partial charge in [-0.05, 0) is 30.5 Å². The molecule has 2 saturated heterocycles. The van der Waals surface area contributed by atoms with E-state index >= 15 is 0 Å². The van der Waals surface area contributed by atoms with Crippen LogP contribution in [-0.4, -0.2) is 68.3 Å². The van der Waals surface area contributed by atoms with Crippen LogP contribution in [0.15, 0.2) is 18.2 Å². The van der Waals surface area contributed by atoms with Crippen molar-refractivity contribution in [2.45, 2.75) is 31.8 Å². The smallest absolute Gasteiger partial charge is 0.248 e. The van der Waals surface area contributed by atoms with Gasteiger partial charge in [-0.15, -0.1) is 0 Å². The molecule has 3 rings (SSSR count). The minimum Gasteiger partial charge on any atom is -0.497 e. The second-order valence-corrected chi connectivity index (χ2v) is 6.74. The predicted octanol–water partition coefficient (Wildman–Crippen LogP) is 0.948. The molecule has 8 heteroatoms. The van der Waals surface area contributed by atoms with E-state index in [0.29, 0.717) is 44.3 Å². The molecule has 2 heterocycles. The van der Waals surface area contributed by atoms with Crippen molar-refractivity contribution < 1.29 is 23.9 Å². The van der Waals surface area contributed by atoms with Gasteiger partial charge in [-0.3, -0.25) is 19.3 Å². The highest BCUT2D eigenvalue weighted by Crippen LogP contribution is 2.25. The lowest BCUT2D eigenvalue weighted by Crippen LogP contribution is -2.56. The summed E-state index contributed by atoms with van der Waals surface area (Å²) in [5.41, 5.74) is 0.965. The molecule has 2 amide bonds. The molecule has 0 radical (unpaired) electrons. The topological polar surface area (TPSA) is 80.3 Å². The van der Waals surface area contributed by atoms with E-state index in [-0.39, 0.29) is 18.2 Å². The average molecular weight is 377 g/mol. The number of nitrogens with zero attached hydrogens (tertiary/aromatic N) is 2. The Kier molecular flexibility index (Phi) is 6.52. The summed E-state index contributed by atoms with van der Waals surface area (Å²) < 4.78 is 10.6. The van der Waals surface area contributed by atoms with Crippen molar-refractivity contribution in [3.05, 3.63) is 23.8 Å². The number of carbonyl (C=O) groups excluding carboxylic acids is 2. The van der Waals surface area contributed by atoms with E-state index in [4.69, 9.17) is 14.3 Å². The van der Waals surface area contributed by atoms with Crippen LogP contribution in [-0.2, 0) is 21.0 Å². The van der Waals surface area contributed by atoms with Crippen LogP contribution in [0.1, 0.15) is 24.8 Å². The highest BCUT2D eigenvalue weighted by atomic mass is 16.7. The molecule has 0 aliphatic carbocycles. The lowest BCUT2D eigenvalue weighted by molar-refractivity contribution is -0.198. The fraction of sp³-hybridized carbons (Fsp3) is 0.579. The first-order valence-corrected chi connectivity index (χ1v) is 9.27. The third kappa shape index (κ3) is 4.90. The van der Waals surface area contributed by atoms with E-state index in [1.807, 2.05) is 17.0 Å². The lowest BCUT2D eigenvalue weighted by Gasteiger charge is -2.36. The molecule has 148 valence electrons. The Hall–Kier alpha value is -2.32. The molecule has 1 N–H and O–H groups in total. The van der Waals surface area contributed by atoms with Crippen LogP contribution < -0.4 is 14.8 Å². The number of hydrogen-bond acceptors (Lipinski definition) is 6. The highest BCUT2D eigenvalue weighted by Gasteiger charge is 2.33. The standard InChI is InChI=1S/C19H27N3O5/c1-25-15-9-14(10-16(11-15)26-2)13-21-7-5-20-19(24)17(21)12-18(23)22-6-3-4-8-27-22/h9-11,17H,3-8,12-13H2,1-2H3,(H,20,24)/t17-/m1/s1. The quantitative estimate of drug-likeness (QED) is 0.795. The molecule has 2 fully saturated rings. The number of hydroxylamine groups is 2. The van der Waals surface area contributed by atoms with E-state index in [1.165, 1.54) is 5.06 Å². The molecule has 0 spiro atoms. The number of methoxy groups -OCH3 is 2. The zero-order chi connectivity index (χ0) is 19.2. The van der Waals surface area contributed by atoms with E-state index in [0.717, 1.165) is 18.4 Å². The van der Waals surface area contributed by atoms with Crippen LogP contribution in [0.25, 0.3) is 0 Å². The number of ether oxygens (including phenoxy) is 2. The third-order valence-electron chi connectivity index (χ3n) is 4.89. The zero-order valence-electron chi connectivity index (χ0n) is 15.9. The minimum atomic E-state index is -0.519. The van der Waals surface area contributed by atoms with Crippen molar-refractivity contribution in [1.29, 1.82) is 0 Å². The van der Waals surface area contributed by atoms with Crippen LogP contribution in [0.4, 0.5) is 0 Å². The number of nitrogens with one attached hydrogen (secondary N) is 1. The molecule has 0 saturated carbocycles. The van der Waals surface area contributed by atoms with Gasteiger partial charge in [0.25, 0.3) is 0 Å². The summed E-state index contributed by atoms with van der Waals surface area (Å²) >= 11 is 0. The van der Waals surface area contributed by atoms with Gasteiger partial charge in [-0.2, -0.15) is 0 Å². The van der Waals surface area contributed by atoms with E-state index < -0.39 is 6.04 Å². The van der Waals surface area contributed by atoms with Crippen LogP contribution in [0.2, 0.25) is 0 Å². The number of benzene rings is 1. The summed E-state index contributed by atoms with van der Waals surface area (Å²) in [5, 5.41) is 4.26. The van der Waals surface area contributed by atoms with Gasteiger partial charge in [0.2, 0.25) is 11.8 Å². The monoisotopic (exact) mass is 377 g/mol. The summed E-state index contributed by atoms with van der Waals surface area (Å²) in [7, 11) is 3.21. The van der Waals surface area contributed by atoms with Crippen LogP contribution in [0.3, 0.4) is 0 Å². The van der Waals surface area contributed by atoms with Crippen LogP contribution in [0.5, 0.6) is 11.5 Å².